The lowest BCUT2D eigenvalue weighted by molar-refractivity contribution is 0.0658. The normalized spacial score (nSPS) is 15.0. The van der Waals surface area contributed by atoms with Gasteiger partial charge in [0.05, 0.1) is 40.4 Å². The van der Waals surface area contributed by atoms with Crippen molar-refractivity contribution in [2.45, 2.75) is 25.9 Å². The second-order valence-corrected chi connectivity index (χ2v) is 12.4. The van der Waals surface area contributed by atoms with Gasteiger partial charge in [-0.1, -0.05) is 30.3 Å². The van der Waals surface area contributed by atoms with E-state index in [2.05, 4.69) is 34.1 Å². The number of aromatic hydroxyl groups is 1. The molecular weight excluding hydrogens is 634 g/mol. The smallest absolute Gasteiger partial charge is 0.265 e. The highest BCUT2D eigenvalue weighted by Gasteiger charge is 2.33. The average molecular weight is 664 g/mol. The van der Waals surface area contributed by atoms with Gasteiger partial charge in [0.1, 0.15) is 12.1 Å². The van der Waals surface area contributed by atoms with Crippen LogP contribution in [-0.4, -0.2) is 58.6 Å². The molecule has 4 aromatic heterocycles. The molecule has 0 unspecified atom stereocenters. The molecule has 9 rings (SSSR count). The second kappa shape index (κ2) is 11.5. The summed E-state index contributed by atoms with van der Waals surface area (Å²) in [6.45, 7) is 2.59. The number of carbonyl (C=O) groups is 2. The molecule has 0 spiro atoms. The fourth-order valence-corrected chi connectivity index (χ4v) is 6.90. The van der Waals surface area contributed by atoms with Crippen molar-refractivity contribution < 1.29 is 24.2 Å². The molecule has 0 radical (unpaired) electrons. The van der Waals surface area contributed by atoms with Gasteiger partial charge in [-0.3, -0.25) is 14.5 Å². The van der Waals surface area contributed by atoms with Gasteiger partial charge in [-0.2, -0.15) is 10.1 Å². The maximum atomic E-state index is 14.8. The Hall–Kier alpha value is -6.69. The standard InChI is InChI=1S/C38H29N7O5/c1-23-14-24-6-2-3-7-25(24)19-43(23)36(47)30-17-35-34(49-22-50-35)16-29(30)33-15-31(32-8-4-5-13-42(32)33)37(48)45(26-9-11-28(46)12-10-26)27-18-39-38-40-21-41-44(38)20-27/h2-13,15-18,20-21,23,46H,14,19,22H2,1H3/t23-/m1/s1. The van der Waals surface area contributed by atoms with Gasteiger partial charge < -0.3 is 23.9 Å². The van der Waals surface area contributed by atoms with Crippen molar-refractivity contribution in [1.82, 2.24) is 28.9 Å². The monoisotopic (exact) mass is 663 g/mol. The van der Waals surface area contributed by atoms with Gasteiger partial charge in [0, 0.05) is 30.0 Å². The Morgan fingerprint density at radius 2 is 1.66 bits per heavy atom. The molecule has 50 heavy (non-hydrogen) atoms. The number of hydrogen-bond acceptors (Lipinski definition) is 8. The summed E-state index contributed by atoms with van der Waals surface area (Å²) in [4.78, 5) is 41.4. The highest BCUT2D eigenvalue weighted by Crippen LogP contribution is 2.42. The van der Waals surface area contributed by atoms with E-state index in [1.165, 1.54) is 33.4 Å². The second-order valence-electron chi connectivity index (χ2n) is 12.4. The van der Waals surface area contributed by atoms with E-state index in [-0.39, 0.29) is 30.4 Å². The number of benzene rings is 3. The van der Waals surface area contributed by atoms with Gasteiger partial charge in [0.2, 0.25) is 6.79 Å². The van der Waals surface area contributed by atoms with Crippen molar-refractivity contribution in [3.63, 3.8) is 0 Å². The van der Waals surface area contributed by atoms with E-state index in [1.807, 2.05) is 51.9 Å². The number of phenolic OH excluding ortho intramolecular Hbond substituents is 1. The maximum absolute atomic E-state index is 14.8. The van der Waals surface area contributed by atoms with Crippen molar-refractivity contribution in [3.05, 3.63) is 132 Å². The zero-order valence-corrected chi connectivity index (χ0v) is 26.8. The van der Waals surface area contributed by atoms with Crippen LogP contribution in [0.2, 0.25) is 0 Å². The summed E-state index contributed by atoms with van der Waals surface area (Å²) in [7, 11) is 0. The predicted molar refractivity (Wildman–Crippen MR) is 184 cm³/mol. The molecule has 3 aromatic carbocycles. The molecule has 6 heterocycles. The van der Waals surface area contributed by atoms with E-state index < -0.39 is 0 Å². The van der Waals surface area contributed by atoms with Gasteiger partial charge in [-0.15, -0.1) is 0 Å². The quantitative estimate of drug-likeness (QED) is 0.236. The number of fused-ring (bicyclic) bond motifs is 4. The molecule has 12 nitrogen and oxygen atoms in total. The molecule has 0 fully saturated rings. The summed E-state index contributed by atoms with van der Waals surface area (Å²) in [5, 5.41) is 14.3. The van der Waals surface area contributed by atoms with E-state index in [9.17, 15) is 14.7 Å². The molecule has 2 aliphatic rings. The molecule has 12 heteroatoms. The highest BCUT2D eigenvalue weighted by atomic mass is 16.7. The summed E-state index contributed by atoms with van der Waals surface area (Å²) < 4.78 is 14.9. The first-order valence-corrected chi connectivity index (χ1v) is 16.1. The van der Waals surface area contributed by atoms with Gasteiger partial charge in [-0.25, -0.2) is 9.50 Å². The van der Waals surface area contributed by atoms with Crippen LogP contribution >= 0.6 is 0 Å². The van der Waals surface area contributed by atoms with Crippen molar-refractivity contribution in [3.8, 4) is 28.5 Å². The van der Waals surface area contributed by atoms with E-state index >= 15 is 0 Å². The van der Waals surface area contributed by atoms with Crippen molar-refractivity contribution in [2.24, 2.45) is 0 Å². The minimum Gasteiger partial charge on any atom is -0.508 e. The molecule has 246 valence electrons. The molecule has 0 aliphatic carbocycles. The van der Waals surface area contributed by atoms with E-state index in [0.717, 1.165) is 12.0 Å². The first kappa shape index (κ1) is 29.4. The summed E-state index contributed by atoms with van der Waals surface area (Å²) in [6, 6.07) is 25.5. The Morgan fingerprint density at radius 1 is 0.880 bits per heavy atom. The van der Waals surface area contributed by atoms with E-state index in [1.54, 1.807) is 36.7 Å². The van der Waals surface area contributed by atoms with Crippen LogP contribution in [0.3, 0.4) is 0 Å². The third kappa shape index (κ3) is 4.80. The van der Waals surface area contributed by atoms with Crippen molar-refractivity contribution >= 4 is 34.5 Å². The summed E-state index contributed by atoms with van der Waals surface area (Å²) >= 11 is 0. The third-order valence-electron chi connectivity index (χ3n) is 9.38. The van der Waals surface area contributed by atoms with Crippen LogP contribution in [0.4, 0.5) is 11.4 Å². The minimum absolute atomic E-state index is 0.0355. The number of amides is 2. The first-order chi connectivity index (χ1) is 24.4. The van der Waals surface area contributed by atoms with Crippen LogP contribution in [0.1, 0.15) is 38.8 Å². The van der Waals surface area contributed by atoms with Crippen LogP contribution in [0.5, 0.6) is 17.2 Å². The molecule has 0 saturated carbocycles. The fourth-order valence-electron chi connectivity index (χ4n) is 6.90. The number of pyridine rings is 1. The Labute approximate surface area is 285 Å². The predicted octanol–water partition coefficient (Wildman–Crippen LogP) is 6.04. The van der Waals surface area contributed by atoms with Crippen LogP contribution < -0.4 is 14.4 Å². The number of ether oxygens (including phenoxy) is 2. The van der Waals surface area contributed by atoms with Gasteiger partial charge in [-0.05, 0) is 79.1 Å². The Bertz CT molecular complexity index is 2470. The van der Waals surface area contributed by atoms with Gasteiger partial charge in [0.25, 0.3) is 17.6 Å². The number of hydrogen-bond donors (Lipinski definition) is 1. The van der Waals surface area contributed by atoms with E-state index in [0.29, 0.717) is 63.1 Å². The molecule has 7 aromatic rings. The maximum Gasteiger partial charge on any atom is 0.265 e. The van der Waals surface area contributed by atoms with Crippen molar-refractivity contribution in [1.29, 1.82) is 0 Å². The molecule has 2 aliphatic heterocycles. The molecule has 0 saturated heterocycles. The Morgan fingerprint density at radius 3 is 2.50 bits per heavy atom. The number of carbonyl (C=O) groups excluding carboxylic acids is 2. The lowest BCUT2D eigenvalue weighted by Gasteiger charge is -2.35. The molecule has 0 bridgehead atoms. The van der Waals surface area contributed by atoms with Crippen LogP contribution in [0.25, 0.3) is 22.6 Å². The van der Waals surface area contributed by atoms with Crippen LogP contribution in [0, 0.1) is 0 Å². The molecule has 1 N–H and O–H groups in total. The Balaban J connectivity index is 1.19. The molecule has 2 amide bonds. The molecular formula is C38H29N7O5. The number of rotatable bonds is 5. The number of anilines is 2. The molecule has 1 atom stereocenters. The van der Waals surface area contributed by atoms with E-state index in [4.69, 9.17) is 9.47 Å². The number of nitrogens with zero attached hydrogens (tertiary/aromatic N) is 7. The average Bonchev–Trinajstić information content (AvgIpc) is 3.90. The van der Waals surface area contributed by atoms with Crippen LogP contribution in [0.15, 0.2) is 110 Å². The first-order valence-electron chi connectivity index (χ1n) is 16.1. The van der Waals surface area contributed by atoms with Gasteiger partial charge >= 0.3 is 0 Å². The Kier molecular flexibility index (Phi) is 6.76. The topological polar surface area (TPSA) is 127 Å². The highest BCUT2D eigenvalue weighted by molar-refractivity contribution is 6.15. The van der Waals surface area contributed by atoms with Gasteiger partial charge in [0.15, 0.2) is 11.5 Å². The summed E-state index contributed by atoms with van der Waals surface area (Å²) in [6.07, 6.45) is 7.23. The lowest BCUT2D eigenvalue weighted by Crippen LogP contribution is -2.42. The summed E-state index contributed by atoms with van der Waals surface area (Å²) in [5.74, 6) is 0.960. The SMILES string of the molecule is C[C@@H]1Cc2ccccc2CN1C(=O)c1cc2c(cc1-c1cc(C(=O)N(c3ccc(O)cc3)c3cnc4ncnn4c3)c3ccccn13)OCO2. The lowest BCUT2D eigenvalue weighted by atomic mass is 9.93. The number of phenols is 1. The zero-order chi connectivity index (χ0) is 33.9. The zero-order valence-electron chi connectivity index (χ0n) is 26.8. The number of aromatic nitrogens is 5. The largest absolute Gasteiger partial charge is 0.508 e. The fraction of sp³-hybridized carbons (Fsp3) is 0.132. The summed E-state index contributed by atoms with van der Waals surface area (Å²) in [5.41, 5.74) is 5.99. The van der Waals surface area contributed by atoms with Crippen LogP contribution in [-0.2, 0) is 13.0 Å². The third-order valence-corrected chi connectivity index (χ3v) is 9.38. The van der Waals surface area contributed by atoms with Crippen molar-refractivity contribution in [2.75, 3.05) is 11.7 Å². The minimum atomic E-state index is -0.359.